The van der Waals surface area contributed by atoms with Crippen molar-refractivity contribution in [3.8, 4) is 0 Å². The van der Waals surface area contributed by atoms with Crippen molar-refractivity contribution in [3.63, 3.8) is 0 Å². The fourth-order valence-electron chi connectivity index (χ4n) is 0.633. The van der Waals surface area contributed by atoms with E-state index in [1.54, 1.807) is 0 Å². The van der Waals surface area contributed by atoms with Crippen molar-refractivity contribution in [1.29, 1.82) is 0 Å². The van der Waals surface area contributed by atoms with Gasteiger partial charge in [-0.05, 0) is 6.42 Å². The second-order valence-electron chi connectivity index (χ2n) is 2.27. The van der Waals surface area contributed by atoms with Crippen LogP contribution in [0.1, 0.15) is 31.9 Å². The smallest absolute Gasteiger partial charge is 0.138 e. The van der Waals surface area contributed by atoms with Gasteiger partial charge in [0.05, 0.1) is 5.69 Å². The average molecular weight is 136 g/mol. The number of nitrogens with zero attached hydrogens (tertiary/aromatic N) is 3. The number of aromatic nitrogens is 3. The monoisotopic (exact) mass is 136 g/mol. The van der Waals surface area contributed by atoms with E-state index >= 15 is 0 Å². The molecule has 53 valence electrons. The van der Waals surface area contributed by atoms with Gasteiger partial charge in [-0.15, -0.1) is 5.10 Å². The van der Waals surface area contributed by atoms with Gasteiger partial charge in [0.2, 0.25) is 0 Å². The minimum atomic E-state index is 0.418. The summed E-state index contributed by atoms with van der Waals surface area (Å²) in [5.41, 5.74) is 0.852. The minimum Gasteiger partial charge on any atom is -0.231 e. The zero-order valence-corrected chi connectivity index (χ0v) is 6.20. The lowest BCUT2D eigenvalue weighted by Crippen LogP contribution is -1.98. The van der Waals surface area contributed by atoms with E-state index in [2.05, 4.69) is 35.2 Å². The first-order chi connectivity index (χ1) is 4.84. The third kappa shape index (κ3) is 1.50. The van der Waals surface area contributed by atoms with Crippen LogP contribution in [0.15, 0.2) is 6.33 Å². The van der Waals surface area contributed by atoms with Gasteiger partial charge >= 0.3 is 0 Å². The van der Waals surface area contributed by atoms with Crippen LogP contribution in [-0.4, -0.2) is 15.2 Å². The molecule has 0 saturated carbocycles. The SMILES string of the molecule is CCC(C)c1[c]ncnn1. The van der Waals surface area contributed by atoms with E-state index in [0.29, 0.717) is 5.92 Å². The van der Waals surface area contributed by atoms with Crippen molar-refractivity contribution in [2.75, 3.05) is 0 Å². The topological polar surface area (TPSA) is 38.7 Å². The van der Waals surface area contributed by atoms with Gasteiger partial charge in [-0.3, -0.25) is 0 Å². The first kappa shape index (κ1) is 7.12. The second-order valence-corrected chi connectivity index (χ2v) is 2.27. The highest BCUT2D eigenvalue weighted by molar-refractivity contribution is 4.96. The summed E-state index contributed by atoms with van der Waals surface area (Å²) in [6, 6.07) is 0. The Morgan fingerprint density at radius 3 is 3.00 bits per heavy atom. The Kier molecular flexibility index (Phi) is 2.31. The normalized spacial score (nSPS) is 13.0. The molecule has 0 spiro atoms. The van der Waals surface area contributed by atoms with E-state index in [0.717, 1.165) is 12.1 Å². The zero-order chi connectivity index (χ0) is 7.40. The van der Waals surface area contributed by atoms with Crippen molar-refractivity contribution in [1.82, 2.24) is 15.2 Å². The molecular formula is C7H10N3. The third-order valence-corrected chi connectivity index (χ3v) is 1.53. The highest BCUT2D eigenvalue weighted by atomic mass is 15.1. The predicted octanol–water partition coefficient (Wildman–Crippen LogP) is 1.19. The van der Waals surface area contributed by atoms with Crippen LogP contribution in [0.25, 0.3) is 0 Å². The van der Waals surface area contributed by atoms with Crippen LogP contribution in [0.2, 0.25) is 0 Å². The number of rotatable bonds is 2. The summed E-state index contributed by atoms with van der Waals surface area (Å²) < 4.78 is 0. The average Bonchev–Trinajstić information content (AvgIpc) is 2.05. The Bertz CT molecular complexity index is 185. The van der Waals surface area contributed by atoms with Gasteiger partial charge in [0.25, 0.3) is 0 Å². The van der Waals surface area contributed by atoms with Crippen molar-refractivity contribution in [3.05, 3.63) is 18.2 Å². The first-order valence-corrected chi connectivity index (χ1v) is 3.39. The molecule has 1 atom stereocenters. The summed E-state index contributed by atoms with van der Waals surface area (Å²) in [4.78, 5) is 3.76. The third-order valence-electron chi connectivity index (χ3n) is 1.53. The lowest BCUT2D eigenvalue weighted by molar-refractivity contribution is 0.679. The highest BCUT2D eigenvalue weighted by Crippen LogP contribution is 2.12. The van der Waals surface area contributed by atoms with Crippen LogP contribution in [0.3, 0.4) is 0 Å². The molecule has 0 N–H and O–H groups in total. The molecule has 0 fully saturated rings. The zero-order valence-electron chi connectivity index (χ0n) is 6.20. The lowest BCUT2D eigenvalue weighted by Gasteiger charge is -2.02. The molecule has 0 bridgehead atoms. The molecule has 0 aliphatic rings. The molecule has 1 unspecified atom stereocenters. The lowest BCUT2D eigenvalue weighted by atomic mass is 10.1. The van der Waals surface area contributed by atoms with E-state index in [1.807, 2.05) is 0 Å². The van der Waals surface area contributed by atoms with Crippen LogP contribution in [-0.2, 0) is 0 Å². The maximum absolute atomic E-state index is 3.88. The molecule has 3 nitrogen and oxygen atoms in total. The molecule has 1 rings (SSSR count). The second kappa shape index (κ2) is 3.25. The van der Waals surface area contributed by atoms with E-state index < -0.39 is 0 Å². The molecule has 0 saturated heterocycles. The summed E-state index contributed by atoms with van der Waals surface area (Å²) in [6.07, 6.45) is 5.24. The van der Waals surface area contributed by atoms with Gasteiger partial charge in [0.15, 0.2) is 0 Å². The fraction of sp³-hybridized carbons (Fsp3) is 0.571. The molecule has 0 aliphatic heterocycles. The Hall–Kier alpha value is -0.990. The number of hydrogen-bond acceptors (Lipinski definition) is 3. The maximum Gasteiger partial charge on any atom is 0.138 e. The fourth-order valence-corrected chi connectivity index (χ4v) is 0.633. The van der Waals surface area contributed by atoms with E-state index in [-0.39, 0.29) is 0 Å². The molecular weight excluding hydrogens is 126 g/mol. The van der Waals surface area contributed by atoms with Gasteiger partial charge in [0.1, 0.15) is 12.5 Å². The van der Waals surface area contributed by atoms with Gasteiger partial charge in [-0.1, -0.05) is 13.8 Å². The molecule has 10 heavy (non-hydrogen) atoms. The van der Waals surface area contributed by atoms with E-state index in [9.17, 15) is 0 Å². The Balaban J connectivity index is 2.75. The van der Waals surface area contributed by atoms with Crippen LogP contribution in [0, 0.1) is 6.20 Å². The Labute approximate surface area is 60.5 Å². The predicted molar refractivity (Wildman–Crippen MR) is 37.4 cm³/mol. The Morgan fingerprint density at radius 1 is 1.70 bits per heavy atom. The molecule has 1 aromatic heterocycles. The molecule has 0 aliphatic carbocycles. The first-order valence-electron chi connectivity index (χ1n) is 3.39. The molecule has 3 heteroatoms. The van der Waals surface area contributed by atoms with Crippen LogP contribution in [0.5, 0.6) is 0 Å². The van der Waals surface area contributed by atoms with E-state index in [4.69, 9.17) is 0 Å². The van der Waals surface area contributed by atoms with Gasteiger partial charge in [0, 0.05) is 5.92 Å². The van der Waals surface area contributed by atoms with Crippen LogP contribution in [0.4, 0.5) is 0 Å². The van der Waals surface area contributed by atoms with Crippen molar-refractivity contribution < 1.29 is 0 Å². The summed E-state index contributed by atoms with van der Waals surface area (Å²) in [7, 11) is 0. The van der Waals surface area contributed by atoms with E-state index in [1.165, 1.54) is 6.33 Å². The quantitative estimate of drug-likeness (QED) is 0.613. The molecule has 0 aromatic carbocycles. The van der Waals surface area contributed by atoms with Gasteiger partial charge < -0.3 is 0 Å². The highest BCUT2D eigenvalue weighted by Gasteiger charge is 2.03. The largest absolute Gasteiger partial charge is 0.231 e. The van der Waals surface area contributed by atoms with Crippen molar-refractivity contribution in [2.24, 2.45) is 0 Å². The number of hydrogen-bond donors (Lipinski definition) is 0. The van der Waals surface area contributed by atoms with Crippen molar-refractivity contribution >= 4 is 0 Å². The molecule has 1 heterocycles. The molecule has 1 radical (unpaired) electrons. The van der Waals surface area contributed by atoms with Crippen molar-refractivity contribution in [2.45, 2.75) is 26.2 Å². The summed E-state index contributed by atoms with van der Waals surface area (Å²) in [5.74, 6) is 0.418. The summed E-state index contributed by atoms with van der Waals surface area (Å²) >= 11 is 0. The summed E-state index contributed by atoms with van der Waals surface area (Å²) in [5, 5.41) is 7.54. The molecule has 0 amide bonds. The molecule has 1 aromatic rings. The summed E-state index contributed by atoms with van der Waals surface area (Å²) in [6.45, 7) is 4.19. The van der Waals surface area contributed by atoms with Crippen LogP contribution >= 0.6 is 0 Å². The minimum absolute atomic E-state index is 0.418. The van der Waals surface area contributed by atoms with Crippen LogP contribution < -0.4 is 0 Å². The standard InChI is InChI=1S/C7H10N3/c1-3-6(2)7-4-8-5-9-10-7/h5-6H,3H2,1-2H3. The Morgan fingerprint density at radius 2 is 2.50 bits per heavy atom. The van der Waals surface area contributed by atoms with Gasteiger partial charge in [-0.2, -0.15) is 5.10 Å². The maximum atomic E-state index is 3.88. The van der Waals surface area contributed by atoms with Gasteiger partial charge in [-0.25, -0.2) is 4.98 Å².